The molecule has 1 aliphatic heterocycles. The van der Waals surface area contributed by atoms with Crippen LogP contribution in [0.15, 0.2) is 0 Å². The van der Waals surface area contributed by atoms with Crippen LogP contribution in [0, 0.1) is 0 Å². The van der Waals surface area contributed by atoms with Crippen molar-refractivity contribution in [3.63, 3.8) is 0 Å². The predicted octanol–water partition coefficient (Wildman–Crippen LogP) is -0.277. The quantitative estimate of drug-likeness (QED) is 0.614. The van der Waals surface area contributed by atoms with Crippen LogP contribution in [0.1, 0.15) is 26.7 Å². The van der Waals surface area contributed by atoms with Gasteiger partial charge in [0, 0.05) is 32.1 Å². The van der Waals surface area contributed by atoms with Crippen LogP contribution >= 0.6 is 0 Å². The third-order valence-electron chi connectivity index (χ3n) is 2.51. The minimum atomic E-state index is -0.0687. The van der Waals surface area contributed by atoms with Gasteiger partial charge in [0.05, 0.1) is 6.54 Å². The zero-order valence-corrected chi connectivity index (χ0v) is 10.1. The van der Waals surface area contributed by atoms with E-state index in [4.69, 9.17) is 0 Å². The Labute approximate surface area is 96.6 Å². The van der Waals surface area contributed by atoms with Crippen molar-refractivity contribution in [1.82, 2.24) is 15.5 Å². The van der Waals surface area contributed by atoms with Crippen molar-refractivity contribution in [1.29, 1.82) is 0 Å². The van der Waals surface area contributed by atoms with Crippen molar-refractivity contribution in [2.75, 3.05) is 26.2 Å². The van der Waals surface area contributed by atoms with Gasteiger partial charge >= 0.3 is 0 Å². The molecule has 5 heteroatoms. The average Bonchev–Trinajstić information content (AvgIpc) is 2.59. The molecule has 1 aliphatic rings. The number of nitrogens with zero attached hydrogens (tertiary/aromatic N) is 1. The molecule has 0 aromatic carbocycles. The normalized spacial score (nSPS) is 15.9. The summed E-state index contributed by atoms with van der Waals surface area (Å²) in [6.45, 7) is 6.42. The highest BCUT2D eigenvalue weighted by Gasteiger charge is 2.21. The fraction of sp³-hybridized carbons (Fsp3) is 0.818. The first kappa shape index (κ1) is 13.0. The van der Waals surface area contributed by atoms with Crippen LogP contribution in [0.2, 0.25) is 0 Å². The van der Waals surface area contributed by atoms with E-state index in [0.29, 0.717) is 19.0 Å². The summed E-state index contributed by atoms with van der Waals surface area (Å²) in [6, 6.07) is 0.428. The summed E-state index contributed by atoms with van der Waals surface area (Å²) < 4.78 is 0. The molecule has 0 aromatic rings. The molecule has 1 fully saturated rings. The first-order chi connectivity index (χ1) is 7.59. The van der Waals surface area contributed by atoms with Gasteiger partial charge in [0.25, 0.3) is 0 Å². The summed E-state index contributed by atoms with van der Waals surface area (Å²) >= 11 is 0. The SMILES string of the molecule is CC(C)NCCNC(=O)CN1CCCC1=O. The molecule has 0 aromatic heterocycles. The second-order valence-corrected chi connectivity index (χ2v) is 4.38. The third-order valence-corrected chi connectivity index (χ3v) is 2.51. The summed E-state index contributed by atoms with van der Waals surface area (Å²) in [5.41, 5.74) is 0. The molecule has 1 rings (SSSR count). The number of rotatable bonds is 6. The first-order valence-electron chi connectivity index (χ1n) is 5.87. The van der Waals surface area contributed by atoms with Gasteiger partial charge in [-0.2, -0.15) is 0 Å². The molecule has 0 atom stereocenters. The van der Waals surface area contributed by atoms with Crippen molar-refractivity contribution >= 4 is 11.8 Å². The van der Waals surface area contributed by atoms with Gasteiger partial charge in [0.2, 0.25) is 11.8 Å². The van der Waals surface area contributed by atoms with Gasteiger partial charge in [-0.3, -0.25) is 9.59 Å². The summed E-state index contributed by atoms with van der Waals surface area (Å²) in [6.07, 6.45) is 1.46. The van der Waals surface area contributed by atoms with Crippen molar-refractivity contribution in [2.45, 2.75) is 32.7 Å². The van der Waals surface area contributed by atoms with Crippen LogP contribution < -0.4 is 10.6 Å². The van der Waals surface area contributed by atoms with Crippen molar-refractivity contribution in [2.24, 2.45) is 0 Å². The minimum absolute atomic E-state index is 0.0687. The average molecular weight is 227 g/mol. The highest BCUT2D eigenvalue weighted by Crippen LogP contribution is 2.08. The van der Waals surface area contributed by atoms with Crippen LogP contribution in [0.25, 0.3) is 0 Å². The largest absolute Gasteiger partial charge is 0.353 e. The van der Waals surface area contributed by atoms with Crippen LogP contribution in [-0.2, 0) is 9.59 Å². The number of nitrogens with one attached hydrogen (secondary N) is 2. The molecular formula is C11H21N3O2. The molecule has 2 amide bonds. The van der Waals surface area contributed by atoms with E-state index in [1.807, 2.05) is 0 Å². The molecule has 2 N–H and O–H groups in total. The number of carbonyl (C=O) groups is 2. The summed E-state index contributed by atoms with van der Waals surface area (Å²) in [7, 11) is 0. The van der Waals surface area contributed by atoms with Crippen LogP contribution in [0.4, 0.5) is 0 Å². The van der Waals surface area contributed by atoms with E-state index in [1.54, 1.807) is 4.90 Å². The van der Waals surface area contributed by atoms with Gasteiger partial charge in [-0.05, 0) is 6.42 Å². The smallest absolute Gasteiger partial charge is 0.239 e. The van der Waals surface area contributed by atoms with Crippen LogP contribution in [0.5, 0.6) is 0 Å². The fourth-order valence-corrected chi connectivity index (χ4v) is 1.66. The Bertz CT molecular complexity index is 254. The maximum atomic E-state index is 11.5. The lowest BCUT2D eigenvalue weighted by Gasteiger charge is -2.15. The van der Waals surface area contributed by atoms with Crippen molar-refractivity contribution in [3.8, 4) is 0 Å². The number of amides is 2. The van der Waals surface area contributed by atoms with E-state index in [-0.39, 0.29) is 18.4 Å². The molecule has 0 spiro atoms. The summed E-state index contributed by atoms with van der Waals surface area (Å²) in [5.74, 6) is 0.0243. The molecule has 92 valence electrons. The van der Waals surface area contributed by atoms with E-state index in [9.17, 15) is 9.59 Å². The Morgan fingerprint density at radius 3 is 2.75 bits per heavy atom. The molecular weight excluding hydrogens is 206 g/mol. The van der Waals surface area contributed by atoms with Gasteiger partial charge < -0.3 is 15.5 Å². The molecule has 1 saturated heterocycles. The van der Waals surface area contributed by atoms with Crippen LogP contribution in [-0.4, -0.2) is 48.9 Å². The number of likely N-dealkylation sites (tertiary alicyclic amines) is 1. The van der Waals surface area contributed by atoms with Gasteiger partial charge in [-0.1, -0.05) is 13.8 Å². The second-order valence-electron chi connectivity index (χ2n) is 4.38. The molecule has 0 radical (unpaired) electrons. The van der Waals surface area contributed by atoms with E-state index < -0.39 is 0 Å². The predicted molar refractivity (Wildman–Crippen MR) is 62.0 cm³/mol. The lowest BCUT2D eigenvalue weighted by Crippen LogP contribution is -2.41. The number of hydrogen-bond donors (Lipinski definition) is 2. The Balaban J connectivity index is 2.09. The highest BCUT2D eigenvalue weighted by molar-refractivity contribution is 5.85. The highest BCUT2D eigenvalue weighted by atomic mass is 16.2. The van der Waals surface area contributed by atoms with Gasteiger partial charge in [-0.15, -0.1) is 0 Å². The number of carbonyl (C=O) groups excluding carboxylic acids is 2. The lowest BCUT2D eigenvalue weighted by atomic mass is 10.4. The molecule has 0 saturated carbocycles. The second kappa shape index (κ2) is 6.48. The molecule has 5 nitrogen and oxygen atoms in total. The topological polar surface area (TPSA) is 61.4 Å². The maximum absolute atomic E-state index is 11.5. The Morgan fingerprint density at radius 2 is 2.19 bits per heavy atom. The summed E-state index contributed by atoms with van der Waals surface area (Å²) in [5, 5.41) is 6.00. The van der Waals surface area contributed by atoms with E-state index >= 15 is 0 Å². The summed E-state index contributed by atoms with van der Waals surface area (Å²) in [4.78, 5) is 24.3. The lowest BCUT2D eigenvalue weighted by molar-refractivity contribution is -0.133. The standard InChI is InChI=1S/C11H21N3O2/c1-9(2)12-5-6-13-10(15)8-14-7-3-4-11(14)16/h9,12H,3-8H2,1-2H3,(H,13,15). The van der Waals surface area contributed by atoms with E-state index in [1.165, 1.54) is 0 Å². The zero-order valence-electron chi connectivity index (χ0n) is 10.1. The number of hydrogen-bond acceptors (Lipinski definition) is 3. The van der Waals surface area contributed by atoms with Crippen LogP contribution in [0.3, 0.4) is 0 Å². The third kappa shape index (κ3) is 4.61. The zero-order chi connectivity index (χ0) is 12.0. The maximum Gasteiger partial charge on any atom is 0.239 e. The Kier molecular flexibility index (Phi) is 5.25. The van der Waals surface area contributed by atoms with E-state index in [0.717, 1.165) is 19.5 Å². The molecule has 0 bridgehead atoms. The van der Waals surface area contributed by atoms with Crippen molar-refractivity contribution in [3.05, 3.63) is 0 Å². The molecule has 1 heterocycles. The monoisotopic (exact) mass is 227 g/mol. The van der Waals surface area contributed by atoms with Gasteiger partial charge in [0.1, 0.15) is 0 Å². The van der Waals surface area contributed by atoms with Gasteiger partial charge in [0.15, 0.2) is 0 Å². The Hall–Kier alpha value is -1.10. The minimum Gasteiger partial charge on any atom is -0.353 e. The fourth-order valence-electron chi connectivity index (χ4n) is 1.66. The Morgan fingerprint density at radius 1 is 1.44 bits per heavy atom. The molecule has 16 heavy (non-hydrogen) atoms. The van der Waals surface area contributed by atoms with Gasteiger partial charge in [-0.25, -0.2) is 0 Å². The van der Waals surface area contributed by atoms with Crippen molar-refractivity contribution < 1.29 is 9.59 Å². The molecule has 0 unspecified atom stereocenters. The first-order valence-corrected chi connectivity index (χ1v) is 5.87. The molecule has 0 aliphatic carbocycles. The van der Waals surface area contributed by atoms with E-state index in [2.05, 4.69) is 24.5 Å².